The molecule has 0 unspecified atom stereocenters. The minimum atomic E-state index is -4.71. The van der Waals surface area contributed by atoms with Crippen molar-refractivity contribution in [2.75, 3.05) is 7.11 Å². The molecule has 0 aromatic heterocycles. The number of carbonyl (C=O) groups excluding carboxylic acids is 2. The SMILES string of the molecule is COC(=O)c1ccc(C(F)(F)F)c(C=O)c1Cl. The number of aldehydes is 1. The fraction of sp³-hybridized carbons (Fsp3) is 0.200. The van der Waals surface area contributed by atoms with E-state index in [4.69, 9.17) is 11.6 Å². The lowest BCUT2D eigenvalue weighted by atomic mass is 10.0. The van der Waals surface area contributed by atoms with E-state index in [2.05, 4.69) is 4.74 Å². The molecule has 0 aliphatic heterocycles. The van der Waals surface area contributed by atoms with Crippen molar-refractivity contribution in [1.82, 2.24) is 0 Å². The third kappa shape index (κ3) is 2.58. The number of carbonyl (C=O) groups is 2. The second kappa shape index (κ2) is 4.75. The lowest BCUT2D eigenvalue weighted by Gasteiger charge is -2.12. The van der Waals surface area contributed by atoms with Gasteiger partial charge in [-0.25, -0.2) is 4.79 Å². The van der Waals surface area contributed by atoms with Crippen molar-refractivity contribution in [3.8, 4) is 0 Å². The van der Waals surface area contributed by atoms with Crippen LogP contribution in [0.3, 0.4) is 0 Å². The van der Waals surface area contributed by atoms with Gasteiger partial charge in [-0.05, 0) is 12.1 Å². The molecule has 7 heteroatoms. The molecular weight excluding hydrogens is 261 g/mol. The van der Waals surface area contributed by atoms with Gasteiger partial charge in [-0.3, -0.25) is 4.79 Å². The van der Waals surface area contributed by atoms with Crippen LogP contribution in [-0.4, -0.2) is 19.4 Å². The predicted molar refractivity (Wildman–Crippen MR) is 53.2 cm³/mol. The standard InChI is InChI=1S/C10H6ClF3O3/c1-17-9(16)5-2-3-7(10(12,13)14)6(4-15)8(5)11/h2-4H,1H3. The Morgan fingerprint density at radius 2 is 2.00 bits per heavy atom. The summed E-state index contributed by atoms with van der Waals surface area (Å²) in [5.74, 6) is -0.910. The average molecular weight is 267 g/mol. The van der Waals surface area contributed by atoms with E-state index in [9.17, 15) is 22.8 Å². The lowest BCUT2D eigenvalue weighted by molar-refractivity contribution is -0.137. The van der Waals surface area contributed by atoms with Gasteiger partial charge in [0.25, 0.3) is 0 Å². The van der Waals surface area contributed by atoms with Gasteiger partial charge in [-0.2, -0.15) is 13.2 Å². The van der Waals surface area contributed by atoms with Crippen LogP contribution in [0.4, 0.5) is 13.2 Å². The summed E-state index contributed by atoms with van der Waals surface area (Å²) in [5, 5.41) is -0.568. The molecule has 0 aliphatic carbocycles. The molecule has 1 rings (SSSR count). The van der Waals surface area contributed by atoms with Gasteiger partial charge >= 0.3 is 12.1 Å². The molecule has 0 heterocycles. The van der Waals surface area contributed by atoms with Gasteiger partial charge in [0.1, 0.15) is 0 Å². The van der Waals surface area contributed by atoms with E-state index in [1.54, 1.807) is 0 Å². The molecular formula is C10H6ClF3O3. The molecule has 0 spiro atoms. The molecule has 0 amide bonds. The number of alkyl halides is 3. The van der Waals surface area contributed by atoms with Crippen molar-refractivity contribution in [3.05, 3.63) is 33.8 Å². The smallest absolute Gasteiger partial charge is 0.417 e. The Morgan fingerprint density at radius 3 is 2.41 bits per heavy atom. The summed E-state index contributed by atoms with van der Waals surface area (Å²) in [5.41, 5.74) is -2.25. The fourth-order valence-corrected chi connectivity index (χ4v) is 1.51. The van der Waals surface area contributed by atoms with E-state index in [0.717, 1.165) is 13.2 Å². The second-order valence-electron chi connectivity index (χ2n) is 3.00. The molecule has 17 heavy (non-hydrogen) atoms. The number of esters is 1. The van der Waals surface area contributed by atoms with Crippen molar-refractivity contribution < 1.29 is 27.5 Å². The zero-order valence-corrected chi connectivity index (χ0v) is 9.22. The van der Waals surface area contributed by atoms with E-state index >= 15 is 0 Å². The van der Waals surface area contributed by atoms with Crippen LogP contribution < -0.4 is 0 Å². The van der Waals surface area contributed by atoms with E-state index in [0.29, 0.717) is 6.07 Å². The number of hydrogen-bond acceptors (Lipinski definition) is 3. The molecule has 0 fully saturated rings. The van der Waals surface area contributed by atoms with Crippen molar-refractivity contribution in [3.63, 3.8) is 0 Å². The number of methoxy groups -OCH3 is 1. The van der Waals surface area contributed by atoms with Crippen LogP contribution >= 0.6 is 11.6 Å². The maximum absolute atomic E-state index is 12.5. The van der Waals surface area contributed by atoms with Gasteiger partial charge in [-0.15, -0.1) is 0 Å². The van der Waals surface area contributed by atoms with Crippen LogP contribution in [-0.2, 0) is 10.9 Å². The summed E-state index contributed by atoms with van der Waals surface area (Å²) in [6.07, 6.45) is -4.76. The summed E-state index contributed by atoms with van der Waals surface area (Å²) < 4.78 is 41.8. The van der Waals surface area contributed by atoms with Crippen LogP contribution in [0, 0.1) is 0 Å². The molecule has 0 N–H and O–H groups in total. The Kier molecular flexibility index (Phi) is 3.77. The zero-order valence-electron chi connectivity index (χ0n) is 8.47. The first-order valence-corrected chi connectivity index (χ1v) is 4.64. The normalized spacial score (nSPS) is 11.1. The number of halogens is 4. The first kappa shape index (κ1) is 13.5. The van der Waals surface area contributed by atoms with Gasteiger partial charge in [0.05, 0.1) is 23.3 Å². The Balaban J connectivity index is 3.48. The van der Waals surface area contributed by atoms with Crippen LogP contribution in [0.2, 0.25) is 5.02 Å². The maximum atomic E-state index is 12.5. The molecule has 3 nitrogen and oxygen atoms in total. The fourth-order valence-electron chi connectivity index (χ4n) is 1.22. The number of hydrogen-bond donors (Lipinski definition) is 0. The molecule has 0 saturated heterocycles. The van der Waals surface area contributed by atoms with Gasteiger partial charge in [0, 0.05) is 5.56 Å². The van der Waals surface area contributed by atoms with Crippen molar-refractivity contribution >= 4 is 23.9 Å². The highest BCUT2D eigenvalue weighted by atomic mass is 35.5. The van der Waals surface area contributed by atoms with Gasteiger partial charge in [-0.1, -0.05) is 11.6 Å². The minimum absolute atomic E-state index is 0.0441. The van der Waals surface area contributed by atoms with Crippen molar-refractivity contribution in [2.45, 2.75) is 6.18 Å². The van der Waals surface area contributed by atoms with E-state index in [-0.39, 0.29) is 11.8 Å². The summed E-state index contributed by atoms with van der Waals surface area (Å²) in [4.78, 5) is 21.8. The largest absolute Gasteiger partial charge is 0.465 e. The maximum Gasteiger partial charge on any atom is 0.417 e. The average Bonchev–Trinajstić information content (AvgIpc) is 2.26. The Labute approximate surface area is 99.1 Å². The molecule has 0 atom stereocenters. The number of benzene rings is 1. The van der Waals surface area contributed by atoms with Crippen molar-refractivity contribution in [2.24, 2.45) is 0 Å². The highest BCUT2D eigenvalue weighted by Crippen LogP contribution is 2.35. The Morgan fingerprint density at radius 1 is 1.41 bits per heavy atom. The quantitative estimate of drug-likeness (QED) is 0.610. The highest BCUT2D eigenvalue weighted by Gasteiger charge is 2.35. The minimum Gasteiger partial charge on any atom is -0.465 e. The van der Waals surface area contributed by atoms with Crippen LogP contribution in [0.15, 0.2) is 12.1 Å². The predicted octanol–water partition coefficient (Wildman–Crippen LogP) is 2.96. The molecule has 0 radical (unpaired) electrons. The first-order chi connectivity index (χ1) is 7.82. The highest BCUT2D eigenvalue weighted by molar-refractivity contribution is 6.36. The Bertz CT molecular complexity index is 469. The number of rotatable bonds is 2. The third-order valence-electron chi connectivity index (χ3n) is 2.01. The summed E-state index contributed by atoms with van der Waals surface area (Å²) >= 11 is 5.56. The van der Waals surface area contributed by atoms with E-state index in [1.807, 2.05) is 0 Å². The lowest BCUT2D eigenvalue weighted by Crippen LogP contribution is -2.12. The number of ether oxygens (including phenoxy) is 1. The summed E-state index contributed by atoms with van der Waals surface area (Å²) in [7, 11) is 1.05. The van der Waals surface area contributed by atoms with E-state index in [1.165, 1.54) is 0 Å². The van der Waals surface area contributed by atoms with Crippen molar-refractivity contribution in [1.29, 1.82) is 0 Å². The van der Waals surface area contributed by atoms with Gasteiger partial charge < -0.3 is 4.74 Å². The first-order valence-electron chi connectivity index (χ1n) is 4.26. The monoisotopic (exact) mass is 266 g/mol. The zero-order chi connectivity index (χ0) is 13.2. The molecule has 1 aromatic rings. The second-order valence-corrected chi connectivity index (χ2v) is 3.37. The summed E-state index contributed by atoms with van der Waals surface area (Å²) in [6.45, 7) is 0. The third-order valence-corrected chi connectivity index (χ3v) is 2.42. The van der Waals surface area contributed by atoms with E-state index < -0.39 is 28.3 Å². The van der Waals surface area contributed by atoms with Gasteiger partial charge in [0.2, 0.25) is 0 Å². The Hall–Kier alpha value is -1.56. The molecule has 0 saturated carbocycles. The molecule has 0 aliphatic rings. The molecule has 0 bridgehead atoms. The topological polar surface area (TPSA) is 43.4 Å². The van der Waals surface area contributed by atoms with Crippen LogP contribution in [0.5, 0.6) is 0 Å². The molecule has 1 aromatic carbocycles. The van der Waals surface area contributed by atoms with Crippen LogP contribution in [0.1, 0.15) is 26.3 Å². The van der Waals surface area contributed by atoms with Gasteiger partial charge in [0.15, 0.2) is 6.29 Å². The van der Waals surface area contributed by atoms with Crippen LogP contribution in [0.25, 0.3) is 0 Å². The summed E-state index contributed by atoms with van der Waals surface area (Å²) in [6, 6.07) is 1.48. The molecule has 92 valence electrons.